The van der Waals surface area contributed by atoms with E-state index in [1.807, 2.05) is 0 Å². The number of halogens is 2. The Labute approximate surface area is 72.2 Å². The van der Waals surface area contributed by atoms with Crippen LogP contribution in [-0.2, 0) is 0 Å². The maximum absolute atomic E-state index is 12.4. The summed E-state index contributed by atoms with van der Waals surface area (Å²) in [4.78, 5) is 7.66. The molecular formula is C7H6F2N4. The van der Waals surface area contributed by atoms with Gasteiger partial charge in [-0.2, -0.15) is 14.6 Å². The van der Waals surface area contributed by atoms with Crippen LogP contribution in [0, 0.1) is 6.92 Å². The molecule has 0 bridgehead atoms. The van der Waals surface area contributed by atoms with Crippen molar-refractivity contribution in [3.05, 3.63) is 23.8 Å². The van der Waals surface area contributed by atoms with E-state index in [1.165, 1.54) is 12.4 Å². The first-order valence-electron chi connectivity index (χ1n) is 3.64. The highest BCUT2D eigenvalue weighted by atomic mass is 19.3. The fraction of sp³-hybridized carbons (Fsp3) is 0.286. The van der Waals surface area contributed by atoms with Crippen molar-refractivity contribution in [2.24, 2.45) is 0 Å². The van der Waals surface area contributed by atoms with E-state index in [0.29, 0.717) is 5.69 Å². The molecule has 2 rings (SSSR count). The normalized spacial score (nSPS) is 11.4. The molecule has 0 aliphatic heterocycles. The van der Waals surface area contributed by atoms with Crippen molar-refractivity contribution in [3.63, 3.8) is 0 Å². The molecule has 0 aliphatic rings. The van der Waals surface area contributed by atoms with Gasteiger partial charge in [-0.15, -0.1) is 0 Å². The summed E-state index contributed by atoms with van der Waals surface area (Å²) in [5, 5.41) is 3.64. The highest BCUT2D eigenvalue weighted by Crippen LogP contribution is 2.18. The molecule has 68 valence electrons. The van der Waals surface area contributed by atoms with Crippen molar-refractivity contribution in [3.8, 4) is 0 Å². The molecule has 0 N–H and O–H groups in total. The van der Waals surface area contributed by atoms with Gasteiger partial charge in [-0.3, -0.25) is 0 Å². The molecule has 0 aliphatic carbocycles. The lowest BCUT2D eigenvalue weighted by atomic mass is 10.3. The number of nitrogens with zero attached hydrogens (tertiary/aromatic N) is 4. The summed E-state index contributed by atoms with van der Waals surface area (Å²) in [5.41, 5.74) is 0.329. The first-order chi connectivity index (χ1) is 6.18. The number of rotatable bonds is 1. The third-order valence-electron chi connectivity index (χ3n) is 1.63. The third kappa shape index (κ3) is 1.24. The van der Waals surface area contributed by atoms with E-state index < -0.39 is 6.43 Å². The first-order valence-corrected chi connectivity index (χ1v) is 3.64. The predicted molar refractivity (Wildman–Crippen MR) is 40.5 cm³/mol. The van der Waals surface area contributed by atoms with Crippen molar-refractivity contribution in [2.75, 3.05) is 0 Å². The number of hydrogen-bond donors (Lipinski definition) is 0. The average Bonchev–Trinajstić information content (AvgIpc) is 2.49. The van der Waals surface area contributed by atoms with Crippen LogP contribution in [-0.4, -0.2) is 19.6 Å². The molecule has 0 atom stereocenters. The lowest BCUT2D eigenvalue weighted by molar-refractivity contribution is 0.143. The monoisotopic (exact) mass is 184 g/mol. The van der Waals surface area contributed by atoms with Gasteiger partial charge in [0.1, 0.15) is 12.0 Å². The predicted octanol–water partition coefficient (Wildman–Crippen LogP) is 1.37. The molecule has 2 aromatic rings. The zero-order chi connectivity index (χ0) is 9.42. The molecule has 0 spiro atoms. The standard InChI is InChI=1S/C7H6F2N4/c1-4-2-5(6(8)9)13-7(12-4)10-3-11-13/h2-3,6H,1H3. The van der Waals surface area contributed by atoms with Crippen molar-refractivity contribution in [2.45, 2.75) is 13.3 Å². The Hall–Kier alpha value is -1.59. The fourth-order valence-electron chi connectivity index (χ4n) is 1.11. The van der Waals surface area contributed by atoms with Crippen LogP contribution < -0.4 is 0 Å². The Morgan fingerprint density at radius 1 is 1.46 bits per heavy atom. The van der Waals surface area contributed by atoms with E-state index >= 15 is 0 Å². The number of alkyl halides is 2. The number of hydrogen-bond acceptors (Lipinski definition) is 3. The molecule has 0 saturated carbocycles. The number of aryl methyl sites for hydroxylation is 1. The molecule has 0 radical (unpaired) electrons. The van der Waals surface area contributed by atoms with Gasteiger partial charge >= 0.3 is 0 Å². The number of aromatic nitrogens is 4. The van der Waals surface area contributed by atoms with Crippen LogP contribution in [0.4, 0.5) is 8.78 Å². The quantitative estimate of drug-likeness (QED) is 0.672. The van der Waals surface area contributed by atoms with Crippen LogP contribution in [0.1, 0.15) is 17.8 Å². The van der Waals surface area contributed by atoms with Gasteiger partial charge in [0.15, 0.2) is 0 Å². The SMILES string of the molecule is Cc1cc(C(F)F)n2ncnc2n1. The van der Waals surface area contributed by atoms with Crippen LogP contribution in [0.25, 0.3) is 5.78 Å². The second kappa shape index (κ2) is 2.72. The van der Waals surface area contributed by atoms with E-state index in [4.69, 9.17) is 0 Å². The second-order valence-corrected chi connectivity index (χ2v) is 2.59. The molecule has 4 nitrogen and oxygen atoms in total. The summed E-state index contributed by atoms with van der Waals surface area (Å²) in [6, 6.07) is 1.30. The minimum Gasteiger partial charge on any atom is -0.216 e. The van der Waals surface area contributed by atoms with E-state index in [0.717, 1.165) is 4.52 Å². The van der Waals surface area contributed by atoms with Gasteiger partial charge in [0.2, 0.25) is 0 Å². The van der Waals surface area contributed by atoms with Crippen LogP contribution in [0.5, 0.6) is 0 Å². The van der Waals surface area contributed by atoms with Crippen LogP contribution in [0.3, 0.4) is 0 Å². The van der Waals surface area contributed by atoms with Gasteiger partial charge in [-0.05, 0) is 13.0 Å². The van der Waals surface area contributed by atoms with Gasteiger partial charge in [0.05, 0.1) is 0 Å². The van der Waals surface area contributed by atoms with Crippen LogP contribution in [0.15, 0.2) is 12.4 Å². The molecule has 0 unspecified atom stereocenters. The van der Waals surface area contributed by atoms with Gasteiger partial charge < -0.3 is 0 Å². The lowest BCUT2D eigenvalue weighted by Crippen LogP contribution is -2.02. The van der Waals surface area contributed by atoms with E-state index in [1.54, 1.807) is 6.92 Å². The molecule has 0 amide bonds. The summed E-state index contributed by atoms with van der Waals surface area (Å²) in [5.74, 6) is 0.204. The molecular weight excluding hydrogens is 178 g/mol. The summed E-state index contributed by atoms with van der Waals surface area (Å²) in [6.07, 6.45) is -1.36. The van der Waals surface area contributed by atoms with Gasteiger partial charge in [-0.25, -0.2) is 13.8 Å². The second-order valence-electron chi connectivity index (χ2n) is 2.59. The van der Waals surface area contributed by atoms with Crippen LogP contribution >= 0.6 is 0 Å². The maximum atomic E-state index is 12.4. The Kier molecular flexibility index (Phi) is 1.68. The zero-order valence-corrected chi connectivity index (χ0v) is 6.78. The maximum Gasteiger partial charge on any atom is 0.280 e. The third-order valence-corrected chi connectivity index (χ3v) is 1.63. The van der Waals surface area contributed by atoms with Crippen molar-refractivity contribution >= 4 is 5.78 Å². The van der Waals surface area contributed by atoms with Gasteiger partial charge in [0, 0.05) is 5.69 Å². The van der Waals surface area contributed by atoms with Gasteiger partial charge in [0.25, 0.3) is 12.2 Å². The van der Waals surface area contributed by atoms with Gasteiger partial charge in [-0.1, -0.05) is 0 Å². The van der Waals surface area contributed by atoms with E-state index in [9.17, 15) is 8.78 Å². The number of fused-ring (bicyclic) bond motifs is 1. The molecule has 13 heavy (non-hydrogen) atoms. The average molecular weight is 184 g/mol. The molecule has 6 heteroatoms. The smallest absolute Gasteiger partial charge is 0.216 e. The molecule has 2 aromatic heterocycles. The van der Waals surface area contributed by atoms with Crippen molar-refractivity contribution < 1.29 is 8.78 Å². The van der Waals surface area contributed by atoms with Crippen LogP contribution in [0.2, 0.25) is 0 Å². The Morgan fingerprint density at radius 3 is 2.92 bits per heavy atom. The Morgan fingerprint density at radius 2 is 2.23 bits per heavy atom. The molecule has 0 saturated heterocycles. The fourth-order valence-corrected chi connectivity index (χ4v) is 1.11. The van der Waals surface area contributed by atoms with E-state index in [2.05, 4.69) is 15.1 Å². The topological polar surface area (TPSA) is 43.1 Å². The Balaban J connectivity index is 2.77. The minimum absolute atomic E-state index is 0.181. The minimum atomic E-state index is -2.56. The Bertz CT molecular complexity index is 437. The molecule has 0 aromatic carbocycles. The van der Waals surface area contributed by atoms with Crippen molar-refractivity contribution in [1.82, 2.24) is 19.6 Å². The highest BCUT2D eigenvalue weighted by molar-refractivity contribution is 5.30. The van der Waals surface area contributed by atoms with E-state index in [-0.39, 0.29) is 11.5 Å². The largest absolute Gasteiger partial charge is 0.280 e. The summed E-state index contributed by atoms with van der Waals surface area (Å²) in [6.45, 7) is 1.64. The summed E-state index contributed by atoms with van der Waals surface area (Å²) < 4.78 is 25.9. The molecule has 2 heterocycles. The summed E-state index contributed by atoms with van der Waals surface area (Å²) >= 11 is 0. The zero-order valence-electron chi connectivity index (χ0n) is 6.78. The first kappa shape index (κ1) is 8.03. The molecule has 0 fully saturated rings. The highest BCUT2D eigenvalue weighted by Gasteiger charge is 2.14. The summed E-state index contributed by atoms with van der Waals surface area (Å²) in [7, 11) is 0. The lowest BCUT2D eigenvalue weighted by Gasteiger charge is -2.02. The van der Waals surface area contributed by atoms with Crippen molar-refractivity contribution in [1.29, 1.82) is 0 Å².